The normalized spacial score (nSPS) is 23.6. The molecular formula is C8H9NS. The van der Waals surface area contributed by atoms with E-state index in [9.17, 15) is 0 Å². The summed E-state index contributed by atoms with van der Waals surface area (Å²) in [5, 5.41) is 8.53. The molecule has 1 nitrogen and oxygen atoms in total. The zero-order valence-electron chi connectivity index (χ0n) is 5.62. The van der Waals surface area contributed by atoms with Gasteiger partial charge in [-0.3, -0.25) is 0 Å². The van der Waals surface area contributed by atoms with Crippen LogP contribution in [0.5, 0.6) is 0 Å². The van der Waals surface area contributed by atoms with Crippen LogP contribution in [0.2, 0.25) is 0 Å². The Labute approximate surface area is 66.5 Å². The molecule has 1 atom stereocenters. The van der Waals surface area contributed by atoms with Gasteiger partial charge in [0.05, 0.1) is 6.07 Å². The first-order chi connectivity index (χ1) is 4.86. The van der Waals surface area contributed by atoms with Crippen molar-refractivity contribution in [1.82, 2.24) is 0 Å². The van der Waals surface area contributed by atoms with Crippen LogP contribution in [-0.2, 0) is 0 Å². The molecule has 0 bridgehead atoms. The Bertz CT molecular complexity index is 210. The Morgan fingerprint density at radius 1 is 1.80 bits per heavy atom. The van der Waals surface area contributed by atoms with Gasteiger partial charge in [-0.2, -0.15) is 17.9 Å². The minimum Gasteiger partial charge on any atom is -0.193 e. The van der Waals surface area contributed by atoms with E-state index in [1.54, 1.807) is 0 Å². The van der Waals surface area contributed by atoms with Crippen LogP contribution in [0, 0.1) is 17.2 Å². The highest BCUT2D eigenvalue weighted by Crippen LogP contribution is 2.18. The molecule has 52 valence electrons. The van der Waals surface area contributed by atoms with E-state index in [1.165, 1.54) is 0 Å². The van der Waals surface area contributed by atoms with Gasteiger partial charge in [0, 0.05) is 5.57 Å². The van der Waals surface area contributed by atoms with Crippen LogP contribution in [-0.4, -0.2) is 5.75 Å². The monoisotopic (exact) mass is 151 g/mol. The fourth-order valence-electron chi connectivity index (χ4n) is 0.956. The molecule has 2 heteroatoms. The molecule has 0 aromatic rings. The smallest absolute Gasteiger partial charge is 0.0947 e. The Morgan fingerprint density at radius 2 is 2.60 bits per heavy atom. The summed E-state index contributed by atoms with van der Waals surface area (Å²) in [6, 6.07) is 2.14. The average molecular weight is 151 g/mol. The van der Waals surface area contributed by atoms with E-state index in [-0.39, 0.29) is 0 Å². The number of thiol groups is 1. The third-order valence-electron chi connectivity index (χ3n) is 1.54. The van der Waals surface area contributed by atoms with Crippen molar-refractivity contribution in [2.24, 2.45) is 5.92 Å². The van der Waals surface area contributed by atoms with E-state index < -0.39 is 0 Å². The summed E-state index contributed by atoms with van der Waals surface area (Å²) in [6.07, 6.45) is 6.74. The maximum Gasteiger partial charge on any atom is 0.0947 e. The van der Waals surface area contributed by atoms with Gasteiger partial charge in [0.25, 0.3) is 0 Å². The fourth-order valence-corrected chi connectivity index (χ4v) is 1.21. The Hall–Kier alpha value is -0.680. The second-order valence-corrected chi connectivity index (χ2v) is 2.70. The molecule has 1 rings (SSSR count). The lowest BCUT2D eigenvalue weighted by Crippen LogP contribution is -2.02. The maximum atomic E-state index is 8.53. The van der Waals surface area contributed by atoms with Crippen molar-refractivity contribution in [2.75, 3.05) is 5.75 Å². The molecule has 0 aliphatic heterocycles. The van der Waals surface area contributed by atoms with Crippen LogP contribution in [0.4, 0.5) is 0 Å². The predicted molar refractivity (Wildman–Crippen MR) is 44.8 cm³/mol. The van der Waals surface area contributed by atoms with Crippen LogP contribution >= 0.6 is 12.6 Å². The van der Waals surface area contributed by atoms with Crippen LogP contribution in [0.25, 0.3) is 0 Å². The summed E-state index contributed by atoms with van der Waals surface area (Å²) in [6.45, 7) is 0. The van der Waals surface area contributed by atoms with Gasteiger partial charge >= 0.3 is 0 Å². The van der Waals surface area contributed by atoms with Gasteiger partial charge in [-0.1, -0.05) is 12.2 Å². The molecule has 0 fully saturated rings. The summed E-state index contributed by atoms with van der Waals surface area (Å²) >= 11 is 4.16. The summed E-state index contributed by atoms with van der Waals surface area (Å²) in [4.78, 5) is 0. The van der Waals surface area contributed by atoms with Crippen molar-refractivity contribution in [3.63, 3.8) is 0 Å². The Balaban J connectivity index is 2.61. The third-order valence-corrected chi connectivity index (χ3v) is 2.01. The van der Waals surface area contributed by atoms with Crippen molar-refractivity contribution in [2.45, 2.75) is 6.42 Å². The van der Waals surface area contributed by atoms with Crippen molar-refractivity contribution in [3.05, 3.63) is 23.8 Å². The largest absolute Gasteiger partial charge is 0.193 e. The number of nitrogens with zero attached hydrogens (tertiary/aromatic N) is 1. The molecule has 1 aliphatic carbocycles. The van der Waals surface area contributed by atoms with E-state index in [2.05, 4.69) is 24.8 Å². The molecule has 0 saturated heterocycles. The van der Waals surface area contributed by atoms with Crippen molar-refractivity contribution in [3.8, 4) is 6.07 Å². The molecule has 0 saturated carbocycles. The van der Waals surface area contributed by atoms with Gasteiger partial charge in [0.1, 0.15) is 0 Å². The van der Waals surface area contributed by atoms with Gasteiger partial charge < -0.3 is 0 Å². The molecule has 1 aliphatic rings. The number of rotatable bonds is 1. The van der Waals surface area contributed by atoms with E-state index in [4.69, 9.17) is 5.26 Å². The van der Waals surface area contributed by atoms with Crippen molar-refractivity contribution >= 4 is 12.6 Å². The summed E-state index contributed by atoms with van der Waals surface area (Å²) in [5.41, 5.74) is 0.863. The van der Waals surface area contributed by atoms with E-state index in [1.807, 2.05) is 12.2 Å². The lowest BCUT2D eigenvalue weighted by Gasteiger charge is -2.10. The number of hydrogen-bond donors (Lipinski definition) is 1. The third kappa shape index (κ3) is 1.65. The topological polar surface area (TPSA) is 23.8 Å². The number of allylic oxidation sites excluding steroid dienone is 4. The minimum absolute atomic E-state index is 0.461. The van der Waals surface area contributed by atoms with E-state index in [0.29, 0.717) is 5.92 Å². The van der Waals surface area contributed by atoms with Gasteiger partial charge in [-0.05, 0) is 24.2 Å². The predicted octanol–water partition coefficient (Wildman–Crippen LogP) is 1.94. The standard InChI is InChI=1S/C8H9NS/c9-5-7-2-1-3-8(4-7)6-10/h1-3,8,10H,4,6H2. The minimum atomic E-state index is 0.461. The van der Waals surface area contributed by atoms with Gasteiger partial charge in [0.2, 0.25) is 0 Å². The molecule has 0 aromatic carbocycles. The van der Waals surface area contributed by atoms with Crippen LogP contribution < -0.4 is 0 Å². The van der Waals surface area contributed by atoms with Crippen molar-refractivity contribution in [1.29, 1.82) is 5.26 Å². The van der Waals surface area contributed by atoms with Crippen LogP contribution in [0.3, 0.4) is 0 Å². The molecule has 0 radical (unpaired) electrons. The van der Waals surface area contributed by atoms with Gasteiger partial charge in [-0.15, -0.1) is 0 Å². The van der Waals surface area contributed by atoms with Gasteiger partial charge in [0.15, 0.2) is 0 Å². The van der Waals surface area contributed by atoms with E-state index >= 15 is 0 Å². The second kappa shape index (κ2) is 3.48. The first-order valence-corrected chi connectivity index (χ1v) is 3.88. The molecule has 0 amide bonds. The Morgan fingerprint density at radius 3 is 3.20 bits per heavy atom. The average Bonchev–Trinajstić information content (AvgIpc) is 2.05. The zero-order valence-corrected chi connectivity index (χ0v) is 6.51. The molecule has 0 heterocycles. The quantitative estimate of drug-likeness (QED) is 0.569. The van der Waals surface area contributed by atoms with Crippen LogP contribution in [0.15, 0.2) is 23.8 Å². The lowest BCUT2D eigenvalue weighted by atomic mass is 9.97. The number of nitriles is 1. The lowest BCUT2D eigenvalue weighted by molar-refractivity contribution is 0.734. The maximum absolute atomic E-state index is 8.53. The fraction of sp³-hybridized carbons (Fsp3) is 0.375. The molecule has 10 heavy (non-hydrogen) atoms. The summed E-state index contributed by atoms with van der Waals surface area (Å²) in [5.74, 6) is 1.29. The molecule has 1 unspecified atom stereocenters. The van der Waals surface area contributed by atoms with Crippen LogP contribution in [0.1, 0.15) is 6.42 Å². The summed E-state index contributed by atoms with van der Waals surface area (Å²) < 4.78 is 0. The molecule has 0 N–H and O–H groups in total. The van der Waals surface area contributed by atoms with Gasteiger partial charge in [-0.25, -0.2) is 0 Å². The highest BCUT2D eigenvalue weighted by atomic mass is 32.1. The zero-order chi connectivity index (χ0) is 7.40. The SMILES string of the molecule is N#CC1=CC=CC(CS)C1. The van der Waals surface area contributed by atoms with E-state index in [0.717, 1.165) is 17.7 Å². The number of hydrogen-bond acceptors (Lipinski definition) is 2. The molecular weight excluding hydrogens is 142 g/mol. The second-order valence-electron chi connectivity index (χ2n) is 2.34. The molecule has 0 spiro atoms. The summed E-state index contributed by atoms with van der Waals surface area (Å²) in [7, 11) is 0. The molecule has 0 aromatic heterocycles. The highest BCUT2D eigenvalue weighted by molar-refractivity contribution is 7.80. The Kier molecular flexibility index (Phi) is 2.58. The first-order valence-electron chi connectivity index (χ1n) is 3.25. The highest BCUT2D eigenvalue weighted by Gasteiger charge is 2.08. The van der Waals surface area contributed by atoms with Crippen molar-refractivity contribution < 1.29 is 0 Å². The first kappa shape index (κ1) is 7.43.